The van der Waals surface area contributed by atoms with Gasteiger partial charge in [-0.2, -0.15) is 44.8 Å². The van der Waals surface area contributed by atoms with Crippen LogP contribution < -0.4 is 0 Å². The van der Waals surface area contributed by atoms with Crippen molar-refractivity contribution in [3.05, 3.63) is 0 Å². The highest BCUT2D eigenvalue weighted by molar-refractivity contribution is 6.36. The molecule has 1 atom stereocenters. The average Bonchev–Trinajstić information content (AvgIpc) is 2.23. The Morgan fingerprint density at radius 2 is 1.24 bits per heavy atom. The van der Waals surface area contributed by atoms with Gasteiger partial charge in [0.25, 0.3) is 0 Å². The van der Waals surface area contributed by atoms with Crippen LogP contribution in [0.5, 0.6) is 0 Å². The largest absolute Gasteiger partial charge is 0.641 e. The Bertz CT molecular complexity index is 342. The van der Waals surface area contributed by atoms with E-state index in [0.29, 0.717) is 6.07 Å². The molecule has 0 aromatic carbocycles. The summed E-state index contributed by atoms with van der Waals surface area (Å²) in [6.07, 6.45) is -18.8. The Morgan fingerprint density at radius 1 is 0.857 bits per heavy atom. The summed E-state index contributed by atoms with van der Waals surface area (Å²) in [5.41, 5.74) is 0. The van der Waals surface area contributed by atoms with Crippen molar-refractivity contribution in [2.24, 2.45) is 0 Å². The van der Waals surface area contributed by atoms with Crippen molar-refractivity contribution in [2.45, 2.75) is 24.6 Å². The molecule has 0 rings (SSSR count). The molecule has 14 heteroatoms. The summed E-state index contributed by atoms with van der Waals surface area (Å²) in [4.78, 5) is 0. The van der Waals surface area contributed by atoms with E-state index in [1.165, 1.54) is 0 Å². The molecule has 0 aromatic heterocycles. The summed E-state index contributed by atoms with van der Waals surface area (Å²) in [5.74, 6) is 0. The zero-order valence-corrected chi connectivity index (χ0v) is 9.64. The second-order valence-electron chi connectivity index (χ2n) is 3.33. The summed E-state index contributed by atoms with van der Waals surface area (Å²) < 4.78 is 118. The maximum atomic E-state index is 12.1. The monoisotopic (exact) mass is 333 g/mol. The normalized spacial score (nSPS) is 14.7. The van der Waals surface area contributed by atoms with Gasteiger partial charge in [-0.1, -0.05) is 0 Å². The van der Waals surface area contributed by atoms with Gasteiger partial charge in [0.15, 0.2) is 0 Å². The molecule has 0 fully saturated rings. The van der Waals surface area contributed by atoms with Crippen LogP contribution in [0.4, 0.5) is 39.5 Å². The number of nitrogens with zero attached hydrogens (tertiary/aromatic N) is 1. The number of nitriles is 1. The summed E-state index contributed by atoms with van der Waals surface area (Å²) in [6, 6.07) is 0.497. The van der Waals surface area contributed by atoms with E-state index in [2.05, 4.69) is 14.0 Å². The Hall–Kier alpha value is -1.20. The summed E-state index contributed by atoms with van der Waals surface area (Å²) in [6.45, 7) is -4.46. The van der Waals surface area contributed by atoms with Gasteiger partial charge in [-0.3, -0.25) is 0 Å². The molecule has 0 aromatic rings. The molecule has 4 nitrogen and oxygen atoms in total. The third kappa shape index (κ3) is 10.2. The molecule has 0 heterocycles. The van der Waals surface area contributed by atoms with Crippen molar-refractivity contribution in [1.29, 1.82) is 5.26 Å². The molecule has 0 aliphatic carbocycles. The van der Waals surface area contributed by atoms with E-state index in [9.17, 15) is 39.5 Å². The van der Waals surface area contributed by atoms with Gasteiger partial charge in [-0.05, 0) is 0 Å². The summed E-state index contributed by atoms with van der Waals surface area (Å²) >= 11 is 0. The van der Waals surface area contributed by atoms with Crippen LogP contribution in [-0.2, 0) is 14.0 Å². The highest BCUT2D eigenvalue weighted by atomic mass is 19.4. The zero-order valence-electron chi connectivity index (χ0n) is 9.64. The molecule has 122 valence electrons. The van der Waals surface area contributed by atoms with Crippen LogP contribution in [0, 0.1) is 11.3 Å². The van der Waals surface area contributed by atoms with Crippen LogP contribution in [0.25, 0.3) is 0 Å². The molecule has 0 aliphatic heterocycles. The zero-order chi connectivity index (χ0) is 16.9. The number of halogens is 9. The van der Waals surface area contributed by atoms with Crippen molar-refractivity contribution in [2.75, 3.05) is 13.2 Å². The molecular weight excluding hydrogens is 328 g/mol. The van der Waals surface area contributed by atoms with E-state index < -0.39 is 45.2 Å². The van der Waals surface area contributed by atoms with Gasteiger partial charge in [0.1, 0.15) is 19.3 Å². The van der Waals surface area contributed by atoms with Crippen LogP contribution in [-0.4, -0.2) is 45.2 Å². The van der Waals surface area contributed by atoms with E-state index in [1.54, 1.807) is 0 Å². The van der Waals surface area contributed by atoms with Crippen LogP contribution in [0.15, 0.2) is 0 Å². The highest BCUT2D eigenvalue weighted by Gasteiger charge is 2.46. The SMILES string of the molecule is N#CC(OB(OCC(F)(F)F)OCC(F)(F)F)C(F)(F)F. The van der Waals surface area contributed by atoms with Crippen LogP contribution in [0.3, 0.4) is 0 Å². The lowest BCUT2D eigenvalue weighted by Crippen LogP contribution is -2.42. The Kier molecular flexibility index (Phi) is 6.78. The van der Waals surface area contributed by atoms with Crippen molar-refractivity contribution in [3.63, 3.8) is 0 Å². The Balaban J connectivity index is 4.75. The topological polar surface area (TPSA) is 51.5 Å². The van der Waals surface area contributed by atoms with Crippen LogP contribution in [0.2, 0.25) is 0 Å². The van der Waals surface area contributed by atoms with E-state index in [0.717, 1.165) is 0 Å². The lowest BCUT2D eigenvalue weighted by molar-refractivity contribution is -0.201. The molecule has 0 saturated carbocycles. The first-order valence-electron chi connectivity index (χ1n) is 4.73. The predicted molar refractivity (Wildman–Crippen MR) is 46.3 cm³/mol. The van der Waals surface area contributed by atoms with Gasteiger partial charge in [0, 0.05) is 0 Å². The number of alkyl halides is 9. The second-order valence-corrected chi connectivity index (χ2v) is 3.33. The third-order valence-electron chi connectivity index (χ3n) is 1.43. The molecular formula is C7H5BF9NO3. The average molecular weight is 333 g/mol. The fourth-order valence-corrected chi connectivity index (χ4v) is 0.744. The maximum absolute atomic E-state index is 12.1. The summed E-state index contributed by atoms with van der Waals surface area (Å²) in [7, 11) is -2.97. The third-order valence-corrected chi connectivity index (χ3v) is 1.43. The van der Waals surface area contributed by atoms with E-state index in [-0.39, 0.29) is 0 Å². The minimum absolute atomic E-state index is 0.497. The van der Waals surface area contributed by atoms with E-state index >= 15 is 0 Å². The first-order valence-corrected chi connectivity index (χ1v) is 4.73. The number of hydrogen-bond acceptors (Lipinski definition) is 4. The van der Waals surface area contributed by atoms with Gasteiger partial charge in [0.2, 0.25) is 6.10 Å². The fourth-order valence-electron chi connectivity index (χ4n) is 0.744. The molecule has 1 unspecified atom stereocenters. The number of rotatable bonds is 6. The molecule has 0 spiro atoms. The Labute approximate surface area is 111 Å². The van der Waals surface area contributed by atoms with E-state index in [4.69, 9.17) is 5.26 Å². The lowest BCUT2D eigenvalue weighted by Gasteiger charge is -2.20. The standard InChI is InChI=1S/C7H5BF9NO3/c9-5(10,11)2-19-8(20-3-6(12,13)14)21-4(1-18)7(15,16)17/h4H,2-3H2. The smallest absolute Gasteiger partial charge is 0.376 e. The fraction of sp³-hybridized carbons (Fsp3) is 0.857. The molecule has 0 amide bonds. The van der Waals surface area contributed by atoms with Crippen LogP contribution in [0.1, 0.15) is 0 Å². The minimum Gasteiger partial charge on any atom is -0.376 e. The van der Waals surface area contributed by atoms with Crippen molar-refractivity contribution >= 4 is 7.32 Å². The molecule has 21 heavy (non-hydrogen) atoms. The molecule has 0 N–H and O–H groups in total. The van der Waals surface area contributed by atoms with Gasteiger partial charge in [0.05, 0.1) is 0 Å². The second kappa shape index (κ2) is 7.18. The minimum atomic E-state index is -5.35. The van der Waals surface area contributed by atoms with Crippen LogP contribution >= 0.6 is 0 Å². The number of hydrogen-bond donors (Lipinski definition) is 0. The van der Waals surface area contributed by atoms with Crippen molar-refractivity contribution < 1.29 is 53.5 Å². The van der Waals surface area contributed by atoms with E-state index in [1.807, 2.05) is 0 Å². The quantitative estimate of drug-likeness (QED) is 0.554. The molecule has 0 aliphatic rings. The first-order chi connectivity index (χ1) is 9.24. The van der Waals surface area contributed by atoms with Gasteiger partial charge in [-0.15, -0.1) is 0 Å². The molecule has 0 saturated heterocycles. The van der Waals surface area contributed by atoms with Gasteiger partial charge in [-0.25, -0.2) is 0 Å². The highest BCUT2D eigenvalue weighted by Crippen LogP contribution is 2.24. The molecule has 0 bridgehead atoms. The first kappa shape index (κ1) is 19.8. The van der Waals surface area contributed by atoms with Gasteiger partial charge >= 0.3 is 25.9 Å². The van der Waals surface area contributed by atoms with Crippen molar-refractivity contribution in [1.82, 2.24) is 0 Å². The Morgan fingerprint density at radius 3 is 1.48 bits per heavy atom. The molecule has 0 radical (unpaired) electrons. The van der Waals surface area contributed by atoms with Crippen molar-refractivity contribution in [3.8, 4) is 6.07 Å². The van der Waals surface area contributed by atoms with Gasteiger partial charge < -0.3 is 14.0 Å². The maximum Gasteiger partial charge on any atom is 0.641 e. The predicted octanol–water partition coefficient (Wildman–Crippen LogP) is 2.60. The lowest BCUT2D eigenvalue weighted by atomic mass is 10.2. The summed E-state index contributed by atoms with van der Waals surface area (Å²) in [5, 5.41) is 8.12.